The molecule has 72 valence electrons. The van der Waals surface area contributed by atoms with E-state index >= 15 is 0 Å². The molecule has 0 aliphatic carbocycles. The van der Waals surface area contributed by atoms with Gasteiger partial charge in [0.05, 0.1) is 18.3 Å². The second kappa shape index (κ2) is 4.11. The van der Waals surface area contributed by atoms with Crippen LogP contribution in [0, 0.1) is 0 Å². The van der Waals surface area contributed by atoms with E-state index in [-0.39, 0.29) is 0 Å². The predicted octanol–water partition coefficient (Wildman–Crippen LogP) is 3.58. The van der Waals surface area contributed by atoms with Crippen molar-refractivity contribution in [2.75, 3.05) is 7.11 Å². The summed E-state index contributed by atoms with van der Waals surface area (Å²) in [5.41, 5.74) is 3.78. The maximum Gasteiger partial charge on any atom is 0.128 e. The topological polar surface area (TPSA) is 22.1 Å². The van der Waals surface area contributed by atoms with Crippen molar-refractivity contribution in [3.8, 4) is 17.0 Å². The number of thiazole rings is 1. The highest BCUT2D eigenvalue weighted by atomic mass is 79.9. The Kier molecular flexibility index (Phi) is 2.84. The highest BCUT2D eigenvalue weighted by Crippen LogP contribution is 2.31. The Morgan fingerprint density at radius 3 is 2.93 bits per heavy atom. The Balaban J connectivity index is 2.55. The van der Waals surface area contributed by atoms with Gasteiger partial charge in [0.15, 0.2) is 0 Å². The molecule has 0 unspecified atom stereocenters. The van der Waals surface area contributed by atoms with Gasteiger partial charge in [-0.05, 0) is 18.2 Å². The van der Waals surface area contributed by atoms with Crippen LogP contribution in [0.25, 0.3) is 11.3 Å². The fourth-order valence-corrected chi connectivity index (χ4v) is 2.14. The van der Waals surface area contributed by atoms with Crippen molar-refractivity contribution in [2.24, 2.45) is 0 Å². The summed E-state index contributed by atoms with van der Waals surface area (Å²) in [5.74, 6) is 0.846. The van der Waals surface area contributed by atoms with Crippen LogP contribution in [0.15, 0.2) is 33.6 Å². The van der Waals surface area contributed by atoms with Crippen LogP contribution in [0.3, 0.4) is 0 Å². The maximum atomic E-state index is 5.27. The zero-order valence-corrected chi connectivity index (χ0v) is 9.93. The molecular formula is C10H8BrNOS. The van der Waals surface area contributed by atoms with E-state index in [0.717, 1.165) is 21.5 Å². The van der Waals surface area contributed by atoms with Gasteiger partial charge < -0.3 is 4.74 Å². The average Bonchev–Trinajstić information content (AvgIpc) is 2.70. The second-order valence-corrected chi connectivity index (χ2v) is 4.35. The molecule has 0 fully saturated rings. The van der Waals surface area contributed by atoms with Crippen LogP contribution in [-0.4, -0.2) is 12.1 Å². The van der Waals surface area contributed by atoms with Crippen molar-refractivity contribution < 1.29 is 4.74 Å². The Hall–Kier alpha value is -0.870. The molecule has 0 saturated heterocycles. The van der Waals surface area contributed by atoms with Crippen LogP contribution in [-0.2, 0) is 0 Å². The number of aromatic nitrogens is 1. The van der Waals surface area contributed by atoms with E-state index in [0.29, 0.717) is 0 Å². The lowest BCUT2D eigenvalue weighted by atomic mass is 10.1. The molecule has 1 aromatic carbocycles. The lowest BCUT2D eigenvalue weighted by Crippen LogP contribution is -1.87. The van der Waals surface area contributed by atoms with Gasteiger partial charge in [-0.15, -0.1) is 11.3 Å². The van der Waals surface area contributed by atoms with Crippen molar-refractivity contribution in [1.29, 1.82) is 0 Å². The quantitative estimate of drug-likeness (QED) is 0.832. The summed E-state index contributed by atoms with van der Waals surface area (Å²) in [4.78, 5) is 4.25. The van der Waals surface area contributed by atoms with Gasteiger partial charge >= 0.3 is 0 Å². The van der Waals surface area contributed by atoms with Crippen LogP contribution in [0.2, 0.25) is 0 Å². The summed E-state index contributed by atoms with van der Waals surface area (Å²) in [5, 5.41) is 2.00. The van der Waals surface area contributed by atoms with Crippen LogP contribution < -0.4 is 4.74 Å². The van der Waals surface area contributed by atoms with E-state index in [1.165, 1.54) is 0 Å². The lowest BCUT2D eigenvalue weighted by Gasteiger charge is -2.06. The van der Waals surface area contributed by atoms with Crippen molar-refractivity contribution in [2.45, 2.75) is 0 Å². The normalized spacial score (nSPS) is 10.1. The van der Waals surface area contributed by atoms with Gasteiger partial charge in [0, 0.05) is 15.4 Å². The first-order valence-corrected chi connectivity index (χ1v) is 5.77. The van der Waals surface area contributed by atoms with Crippen molar-refractivity contribution >= 4 is 27.3 Å². The fraction of sp³-hybridized carbons (Fsp3) is 0.100. The van der Waals surface area contributed by atoms with Crippen LogP contribution in [0.5, 0.6) is 5.75 Å². The molecule has 2 nitrogen and oxygen atoms in total. The minimum atomic E-state index is 0.846. The number of rotatable bonds is 2. The Labute approximate surface area is 94.7 Å². The van der Waals surface area contributed by atoms with Gasteiger partial charge in [-0.2, -0.15) is 0 Å². The Morgan fingerprint density at radius 1 is 1.43 bits per heavy atom. The molecule has 0 spiro atoms. The molecule has 4 heteroatoms. The third-order valence-corrected chi connectivity index (χ3v) is 2.95. The highest BCUT2D eigenvalue weighted by molar-refractivity contribution is 9.10. The second-order valence-electron chi connectivity index (χ2n) is 2.72. The molecule has 0 aliphatic rings. The molecule has 1 aromatic heterocycles. The van der Waals surface area contributed by atoms with Gasteiger partial charge in [0.25, 0.3) is 0 Å². The molecule has 0 bridgehead atoms. The van der Waals surface area contributed by atoms with Gasteiger partial charge in [-0.3, -0.25) is 0 Å². The molecule has 2 aromatic rings. The van der Waals surface area contributed by atoms with E-state index in [4.69, 9.17) is 4.74 Å². The van der Waals surface area contributed by atoms with E-state index < -0.39 is 0 Å². The smallest absolute Gasteiger partial charge is 0.128 e. The van der Waals surface area contributed by atoms with E-state index in [1.54, 1.807) is 18.4 Å². The summed E-state index contributed by atoms with van der Waals surface area (Å²) in [6.07, 6.45) is 0. The van der Waals surface area contributed by atoms with Crippen LogP contribution in [0.4, 0.5) is 0 Å². The number of ether oxygens (including phenoxy) is 1. The van der Waals surface area contributed by atoms with E-state index in [1.807, 2.05) is 29.1 Å². The summed E-state index contributed by atoms with van der Waals surface area (Å²) >= 11 is 5.01. The molecule has 0 radical (unpaired) electrons. The average molecular weight is 270 g/mol. The molecule has 0 atom stereocenters. The van der Waals surface area contributed by atoms with Crippen molar-refractivity contribution in [3.05, 3.63) is 33.6 Å². The first-order chi connectivity index (χ1) is 6.81. The minimum absolute atomic E-state index is 0.846. The van der Waals surface area contributed by atoms with Gasteiger partial charge in [0.1, 0.15) is 5.75 Å². The molecule has 1 heterocycles. The minimum Gasteiger partial charge on any atom is -0.496 e. The SMILES string of the molecule is COc1ccc(Br)cc1-c1cscn1. The summed E-state index contributed by atoms with van der Waals surface area (Å²) < 4.78 is 6.30. The first-order valence-electron chi connectivity index (χ1n) is 4.03. The third-order valence-electron chi connectivity index (χ3n) is 1.87. The summed E-state index contributed by atoms with van der Waals surface area (Å²) in [6, 6.07) is 5.89. The number of benzene rings is 1. The monoisotopic (exact) mass is 269 g/mol. The molecular weight excluding hydrogens is 262 g/mol. The van der Waals surface area contributed by atoms with E-state index in [2.05, 4.69) is 20.9 Å². The Bertz CT molecular complexity index is 428. The molecule has 0 aliphatic heterocycles. The zero-order chi connectivity index (χ0) is 9.97. The molecule has 2 rings (SSSR count). The molecule has 0 N–H and O–H groups in total. The zero-order valence-electron chi connectivity index (χ0n) is 7.53. The molecule has 0 amide bonds. The number of hydrogen-bond acceptors (Lipinski definition) is 3. The van der Waals surface area contributed by atoms with Crippen molar-refractivity contribution in [1.82, 2.24) is 4.98 Å². The largest absolute Gasteiger partial charge is 0.496 e. The van der Waals surface area contributed by atoms with Gasteiger partial charge in [0.2, 0.25) is 0 Å². The lowest BCUT2D eigenvalue weighted by molar-refractivity contribution is 0.416. The summed E-state index contributed by atoms with van der Waals surface area (Å²) in [6.45, 7) is 0. The summed E-state index contributed by atoms with van der Waals surface area (Å²) in [7, 11) is 1.67. The highest BCUT2D eigenvalue weighted by Gasteiger charge is 2.07. The Morgan fingerprint density at radius 2 is 2.29 bits per heavy atom. The molecule has 14 heavy (non-hydrogen) atoms. The molecule has 0 saturated carbocycles. The van der Waals surface area contributed by atoms with Crippen molar-refractivity contribution in [3.63, 3.8) is 0 Å². The first kappa shape index (κ1) is 9.68. The standard InChI is InChI=1S/C10H8BrNOS/c1-13-10-3-2-7(11)4-8(10)9-5-14-6-12-9/h2-6H,1H3. The van der Waals surface area contributed by atoms with Crippen LogP contribution >= 0.6 is 27.3 Å². The number of halogens is 1. The third kappa shape index (κ3) is 1.81. The number of nitrogens with zero attached hydrogens (tertiary/aromatic N) is 1. The van der Waals surface area contributed by atoms with Gasteiger partial charge in [-0.1, -0.05) is 15.9 Å². The van der Waals surface area contributed by atoms with Gasteiger partial charge in [-0.25, -0.2) is 4.98 Å². The van der Waals surface area contributed by atoms with E-state index in [9.17, 15) is 0 Å². The van der Waals surface area contributed by atoms with Crippen LogP contribution in [0.1, 0.15) is 0 Å². The number of hydrogen-bond donors (Lipinski definition) is 0. The fourth-order valence-electron chi connectivity index (χ4n) is 1.23. The maximum absolute atomic E-state index is 5.27. The number of methoxy groups -OCH3 is 1. The predicted molar refractivity (Wildman–Crippen MR) is 61.8 cm³/mol.